The van der Waals surface area contributed by atoms with Gasteiger partial charge in [0, 0.05) is 12.1 Å². The minimum atomic E-state index is -4.96. The average Bonchev–Trinajstić information content (AvgIpc) is 2.29. The summed E-state index contributed by atoms with van der Waals surface area (Å²) in [7, 11) is 0. The monoisotopic (exact) mass is 259 g/mol. The van der Waals surface area contributed by atoms with E-state index < -0.39 is 12.1 Å². The van der Waals surface area contributed by atoms with Gasteiger partial charge in [-0.1, -0.05) is 0 Å². The van der Waals surface area contributed by atoms with Crippen molar-refractivity contribution >= 4 is 17.4 Å². The molecule has 1 aliphatic heterocycles. The van der Waals surface area contributed by atoms with Crippen molar-refractivity contribution in [2.24, 2.45) is 0 Å². The van der Waals surface area contributed by atoms with Gasteiger partial charge >= 0.3 is 12.1 Å². The highest BCUT2D eigenvalue weighted by Gasteiger charge is 2.38. The summed E-state index contributed by atoms with van der Waals surface area (Å²) in [5.74, 6) is -1.98. The summed E-state index contributed by atoms with van der Waals surface area (Å²) in [6.45, 7) is 0.250. The Kier molecular flexibility index (Phi) is 2.98. The predicted molar refractivity (Wildman–Crippen MR) is 55.6 cm³/mol. The Morgan fingerprint density at radius 3 is 2.72 bits per heavy atom. The van der Waals surface area contributed by atoms with Crippen molar-refractivity contribution in [3.05, 3.63) is 23.8 Å². The standard InChI is InChI=1S/C11H8F3NO3/c12-11(13,14)10(17)15-6-1-2-9-7(5-6)8(16)3-4-18-9/h1-2,5H,3-4H2,(H,15,17). The predicted octanol–water partition coefficient (Wildman–Crippen LogP) is 2.15. The zero-order valence-corrected chi connectivity index (χ0v) is 9.00. The number of halogens is 3. The Balaban J connectivity index is 2.24. The third kappa shape index (κ3) is 2.44. The van der Waals surface area contributed by atoms with Gasteiger partial charge in [-0.15, -0.1) is 0 Å². The lowest BCUT2D eigenvalue weighted by Crippen LogP contribution is -2.30. The molecule has 18 heavy (non-hydrogen) atoms. The molecule has 1 amide bonds. The molecule has 0 spiro atoms. The highest BCUT2D eigenvalue weighted by Crippen LogP contribution is 2.28. The van der Waals surface area contributed by atoms with Crippen LogP contribution in [0.25, 0.3) is 0 Å². The fourth-order valence-electron chi connectivity index (χ4n) is 1.54. The Morgan fingerprint density at radius 2 is 2.06 bits per heavy atom. The van der Waals surface area contributed by atoms with Crippen LogP contribution < -0.4 is 10.1 Å². The van der Waals surface area contributed by atoms with E-state index in [1.54, 1.807) is 5.32 Å². The van der Waals surface area contributed by atoms with E-state index in [1.807, 2.05) is 0 Å². The number of Topliss-reactive ketones (excluding diaryl/α,β-unsaturated/α-hetero) is 1. The van der Waals surface area contributed by atoms with Crippen LogP contribution in [0.3, 0.4) is 0 Å². The number of fused-ring (bicyclic) bond motifs is 1. The van der Waals surface area contributed by atoms with Crippen molar-refractivity contribution in [3.8, 4) is 5.75 Å². The molecule has 1 aromatic carbocycles. The van der Waals surface area contributed by atoms with Crippen LogP contribution in [0.1, 0.15) is 16.8 Å². The Morgan fingerprint density at radius 1 is 1.33 bits per heavy atom. The molecule has 2 rings (SSSR count). The van der Waals surface area contributed by atoms with Crippen molar-refractivity contribution in [1.82, 2.24) is 0 Å². The van der Waals surface area contributed by atoms with Gasteiger partial charge in [0.1, 0.15) is 5.75 Å². The van der Waals surface area contributed by atoms with E-state index in [0.717, 1.165) is 0 Å². The van der Waals surface area contributed by atoms with Crippen LogP contribution in [0, 0.1) is 0 Å². The van der Waals surface area contributed by atoms with Gasteiger partial charge in [-0.25, -0.2) is 0 Å². The number of carbonyl (C=O) groups is 2. The topological polar surface area (TPSA) is 55.4 Å². The van der Waals surface area contributed by atoms with Crippen molar-refractivity contribution < 1.29 is 27.5 Å². The van der Waals surface area contributed by atoms with Gasteiger partial charge < -0.3 is 10.1 Å². The molecule has 0 saturated heterocycles. The number of benzene rings is 1. The molecule has 1 N–H and O–H groups in total. The fourth-order valence-corrected chi connectivity index (χ4v) is 1.54. The Hall–Kier alpha value is -2.05. The molecular weight excluding hydrogens is 251 g/mol. The van der Waals surface area contributed by atoms with Gasteiger partial charge in [0.25, 0.3) is 0 Å². The number of ketones is 1. The summed E-state index contributed by atoms with van der Waals surface area (Å²) in [6, 6.07) is 3.79. The van der Waals surface area contributed by atoms with E-state index in [9.17, 15) is 22.8 Å². The van der Waals surface area contributed by atoms with E-state index >= 15 is 0 Å². The third-order valence-corrected chi connectivity index (χ3v) is 2.38. The number of rotatable bonds is 1. The molecule has 0 aromatic heterocycles. The van der Waals surface area contributed by atoms with Gasteiger partial charge in [-0.3, -0.25) is 9.59 Å². The molecule has 4 nitrogen and oxygen atoms in total. The maximum atomic E-state index is 12.0. The zero-order chi connectivity index (χ0) is 13.3. The highest BCUT2D eigenvalue weighted by atomic mass is 19.4. The maximum absolute atomic E-state index is 12.0. The number of amides is 1. The Bertz CT molecular complexity index is 511. The van der Waals surface area contributed by atoms with Crippen LogP contribution >= 0.6 is 0 Å². The SMILES string of the molecule is O=C1CCOc2ccc(NC(=O)C(F)(F)F)cc21. The van der Waals surface area contributed by atoms with E-state index in [1.165, 1.54) is 18.2 Å². The lowest BCUT2D eigenvalue weighted by atomic mass is 10.0. The van der Waals surface area contributed by atoms with Crippen LogP contribution in [-0.4, -0.2) is 24.5 Å². The molecule has 1 heterocycles. The fraction of sp³-hybridized carbons (Fsp3) is 0.273. The van der Waals surface area contributed by atoms with Crippen molar-refractivity contribution in [2.75, 3.05) is 11.9 Å². The number of nitrogens with one attached hydrogen (secondary N) is 1. The first kappa shape index (κ1) is 12.4. The third-order valence-electron chi connectivity index (χ3n) is 2.38. The van der Waals surface area contributed by atoms with E-state index in [4.69, 9.17) is 4.74 Å². The molecule has 0 fully saturated rings. The second-order valence-corrected chi connectivity index (χ2v) is 3.68. The zero-order valence-electron chi connectivity index (χ0n) is 9.00. The molecule has 0 unspecified atom stereocenters. The minimum Gasteiger partial charge on any atom is -0.492 e. The summed E-state index contributed by atoms with van der Waals surface area (Å²) in [4.78, 5) is 22.2. The first-order valence-electron chi connectivity index (χ1n) is 5.06. The van der Waals surface area contributed by atoms with Gasteiger partial charge in [-0.05, 0) is 18.2 Å². The van der Waals surface area contributed by atoms with Crippen LogP contribution in [-0.2, 0) is 4.79 Å². The second-order valence-electron chi connectivity index (χ2n) is 3.68. The maximum Gasteiger partial charge on any atom is 0.471 e. The van der Waals surface area contributed by atoms with Gasteiger partial charge in [0.2, 0.25) is 0 Å². The van der Waals surface area contributed by atoms with Crippen LogP contribution in [0.2, 0.25) is 0 Å². The lowest BCUT2D eigenvalue weighted by Gasteiger charge is -2.17. The van der Waals surface area contributed by atoms with Crippen LogP contribution in [0.15, 0.2) is 18.2 Å². The summed E-state index contributed by atoms with van der Waals surface area (Å²) in [6.07, 6.45) is -4.79. The average molecular weight is 259 g/mol. The van der Waals surface area contributed by atoms with Crippen LogP contribution in [0.4, 0.5) is 18.9 Å². The van der Waals surface area contributed by atoms with Crippen molar-refractivity contribution in [1.29, 1.82) is 0 Å². The smallest absolute Gasteiger partial charge is 0.471 e. The molecule has 0 radical (unpaired) electrons. The molecule has 7 heteroatoms. The molecule has 0 aliphatic carbocycles. The van der Waals surface area contributed by atoms with Gasteiger partial charge in [0.05, 0.1) is 12.2 Å². The summed E-state index contributed by atoms with van der Waals surface area (Å²) in [5.41, 5.74) is 0.0937. The number of hydrogen-bond acceptors (Lipinski definition) is 3. The number of anilines is 1. The molecule has 0 bridgehead atoms. The summed E-state index contributed by atoms with van der Waals surface area (Å²) >= 11 is 0. The number of hydrogen-bond donors (Lipinski definition) is 1. The highest BCUT2D eigenvalue weighted by molar-refractivity contribution is 6.02. The van der Waals surface area contributed by atoms with Gasteiger partial charge in [0.15, 0.2) is 5.78 Å². The van der Waals surface area contributed by atoms with E-state index in [2.05, 4.69) is 0 Å². The van der Waals surface area contributed by atoms with Crippen molar-refractivity contribution in [3.63, 3.8) is 0 Å². The minimum absolute atomic E-state index is 0.0880. The Labute approximate surface area is 99.7 Å². The molecular formula is C11H8F3NO3. The number of carbonyl (C=O) groups excluding carboxylic acids is 2. The summed E-state index contributed by atoms with van der Waals surface area (Å²) < 4.78 is 41.3. The normalized spacial score (nSPS) is 14.7. The quantitative estimate of drug-likeness (QED) is 0.840. The number of ether oxygens (including phenoxy) is 1. The molecule has 0 atom stereocenters. The molecule has 1 aromatic rings. The van der Waals surface area contributed by atoms with Crippen LogP contribution in [0.5, 0.6) is 5.75 Å². The van der Waals surface area contributed by atoms with E-state index in [0.29, 0.717) is 5.75 Å². The first-order chi connectivity index (χ1) is 8.38. The molecule has 0 saturated carbocycles. The number of alkyl halides is 3. The van der Waals surface area contributed by atoms with E-state index in [-0.39, 0.29) is 30.1 Å². The van der Waals surface area contributed by atoms with Gasteiger partial charge in [-0.2, -0.15) is 13.2 Å². The van der Waals surface area contributed by atoms with Crippen molar-refractivity contribution in [2.45, 2.75) is 12.6 Å². The molecule has 1 aliphatic rings. The first-order valence-corrected chi connectivity index (χ1v) is 5.06. The summed E-state index contributed by atoms with van der Waals surface area (Å²) in [5, 5.41) is 1.68. The second kappa shape index (κ2) is 4.32. The largest absolute Gasteiger partial charge is 0.492 e. The molecule has 96 valence electrons. The lowest BCUT2D eigenvalue weighted by molar-refractivity contribution is -0.167.